The van der Waals surface area contributed by atoms with Crippen molar-refractivity contribution in [2.45, 2.75) is 32.6 Å². The third-order valence-electron chi connectivity index (χ3n) is 5.19. The number of furan rings is 1. The number of carbonyl (C=O) groups is 2. The van der Waals surface area contributed by atoms with Crippen molar-refractivity contribution >= 4 is 33.4 Å². The van der Waals surface area contributed by atoms with E-state index in [2.05, 4.69) is 11.4 Å². The number of nitrogens with one attached hydrogen (secondary N) is 1. The van der Waals surface area contributed by atoms with Crippen LogP contribution in [0.15, 0.2) is 34.7 Å². The van der Waals surface area contributed by atoms with Gasteiger partial charge in [-0.2, -0.15) is 0 Å². The van der Waals surface area contributed by atoms with Crippen molar-refractivity contribution in [1.29, 1.82) is 0 Å². The summed E-state index contributed by atoms with van der Waals surface area (Å²) in [6.07, 6.45) is 1.80. The molecule has 4 rings (SSSR count). The topological polar surface area (TPSA) is 75.4 Å². The van der Waals surface area contributed by atoms with Crippen LogP contribution in [0.25, 0.3) is 10.2 Å². The standard InChI is InChI=1S/C21H23N3O3S/c1-13-11-16(14(2)27-13)20(26)22-12-19(25)24-9-7-15(8-10-24)21-23-17-5-3-4-6-18(17)28-21/h3-6,11,15H,7-10,12H2,1-2H3,(H,22,26). The van der Waals surface area contributed by atoms with Crippen LogP contribution < -0.4 is 5.32 Å². The number of carbonyl (C=O) groups excluding carboxylic acids is 2. The fourth-order valence-corrected chi connectivity index (χ4v) is 4.80. The van der Waals surface area contributed by atoms with E-state index in [1.807, 2.05) is 23.1 Å². The van der Waals surface area contributed by atoms with Gasteiger partial charge in [0.2, 0.25) is 5.91 Å². The van der Waals surface area contributed by atoms with Crippen LogP contribution in [0.2, 0.25) is 0 Å². The van der Waals surface area contributed by atoms with E-state index in [9.17, 15) is 9.59 Å². The molecule has 1 saturated heterocycles. The van der Waals surface area contributed by atoms with Gasteiger partial charge in [0.25, 0.3) is 5.91 Å². The Morgan fingerprint density at radius 1 is 1.25 bits per heavy atom. The molecular weight excluding hydrogens is 374 g/mol. The molecule has 3 aromatic rings. The van der Waals surface area contributed by atoms with E-state index in [0.29, 0.717) is 36.1 Å². The highest BCUT2D eigenvalue weighted by Crippen LogP contribution is 2.33. The highest BCUT2D eigenvalue weighted by molar-refractivity contribution is 7.18. The number of aryl methyl sites for hydroxylation is 2. The normalized spacial score (nSPS) is 15.1. The second-order valence-corrected chi connectivity index (χ2v) is 8.25. The summed E-state index contributed by atoms with van der Waals surface area (Å²) < 4.78 is 6.58. The van der Waals surface area contributed by atoms with Crippen LogP contribution in [-0.2, 0) is 4.79 Å². The zero-order valence-corrected chi connectivity index (χ0v) is 16.8. The molecule has 2 aromatic heterocycles. The first kappa shape index (κ1) is 18.7. The summed E-state index contributed by atoms with van der Waals surface area (Å²) in [6.45, 7) is 4.94. The second-order valence-electron chi connectivity index (χ2n) is 7.18. The minimum atomic E-state index is -0.271. The Balaban J connectivity index is 1.30. The van der Waals surface area contributed by atoms with E-state index >= 15 is 0 Å². The highest BCUT2D eigenvalue weighted by Gasteiger charge is 2.26. The van der Waals surface area contributed by atoms with Crippen molar-refractivity contribution in [3.63, 3.8) is 0 Å². The molecule has 0 unspecified atom stereocenters. The van der Waals surface area contributed by atoms with Crippen molar-refractivity contribution in [2.75, 3.05) is 19.6 Å². The zero-order chi connectivity index (χ0) is 19.7. The average Bonchev–Trinajstić information content (AvgIpc) is 3.28. The van der Waals surface area contributed by atoms with Gasteiger partial charge in [-0.3, -0.25) is 9.59 Å². The third kappa shape index (κ3) is 3.80. The Bertz CT molecular complexity index is 982. The predicted octanol–water partition coefficient (Wildman–Crippen LogP) is 3.64. The molecule has 0 spiro atoms. The summed E-state index contributed by atoms with van der Waals surface area (Å²) in [4.78, 5) is 31.3. The minimum absolute atomic E-state index is 0.00824. The molecule has 0 atom stereocenters. The molecule has 2 amide bonds. The smallest absolute Gasteiger partial charge is 0.255 e. The molecule has 28 heavy (non-hydrogen) atoms. The van der Waals surface area contributed by atoms with Gasteiger partial charge in [0.05, 0.1) is 27.3 Å². The fourth-order valence-electron chi connectivity index (χ4n) is 3.66. The Hall–Kier alpha value is -2.67. The number of piperidine rings is 1. The molecule has 1 aliphatic heterocycles. The first-order chi connectivity index (χ1) is 13.5. The molecule has 7 heteroatoms. The molecule has 1 aromatic carbocycles. The van der Waals surface area contributed by atoms with Gasteiger partial charge in [-0.25, -0.2) is 4.98 Å². The van der Waals surface area contributed by atoms with Crippen LogP contribution in [0.5, 0.6) is 0 Å². The van der Waals surface area contributed by atoms with Crippen LogP contribution in [0.4, 0.5) is 0 Å². The number of amides is 2. The lowest BCUT2D eigenvalue weighted by atomic mass is 9.97. The molecular formula is C21H23N3O3S. The van der Waals surface area contributed by atoms with E-state index in [0.717, 1.165) is 23.4 Å². The van der Waals surface area contributed by atoms with E-state index < -0.39 is 0 Å². The van der Waals surface area contributed by atoms with Gasteiger partial charge in [-0.15, -0.1) is 11.3 Å². The van der Waals surface area contributed by atoms with Crippen molar-refractivity contribution in [3.8, 4) is 0 Å². The van der Waals surface area contributed by atoms with Gasteiger partial charge in [0.15, 0.2) is 0 Å². The monoisotopic (exact) mass is 397 g/mol. The number of fused-ring (bicyclic) bond motifs is 1. The van der Waals surface area contributed by atoms with Crippen LogP contribution >= 0.6 is 11.3 Å². The van der Waals surface area contributed by atoms with E-state index in [1.165, 1.54) is 4.70 Å². The Kier molecular flexibility index (Phi) is 5.17. The third-order valence-corrected chi connectivity index (χ3v) is 6.39. The maximum Gasteiger partial charge on any atom is 0.255 e. The second kappa shape index (κ2) is 7.75. The number of thiazole rings is 1. The molecule has 6 nitrogen and oxygen atoms in total. The number of benzene rings is 1. The van der Waals surface area contributed by atoms with E-state index in [-0.39, 0.29) is 18.4 Å². The molecule has 146 valence electrons. The Morgan fingerprint density at radius 2 is 2.00 bits per heavy atom. The number of likely N-dealkylation sites (tertiary alicyclic amines) is 1. The van der Waals surface area contributed by atoms with Gasteiger partial charge in [-0.05, 0) is 44.9 Å². The summed E-state index contributed by atoms with van der Waals surface area (Å²) in [5, 5.41) is 3.87. The maximum atomic E-state index is 12.5. The average molecular weight is 398 g/mol. The maximum absolute atomic E-state index is 12.5. The Morgan fingerprint density at radius 3 is 2.68 bits per heavy atom. The summed E-state index contributed by atoms with van der Waals surface area (Å²) in [5.74, 6) is 1.33. The fraction of sp³-hybridized carbons (Fsp3) is 0.381. The summed E-state index contributed by atoms with van der Waals surface area (Å²) in [5.41, 5.74) is 1.54. The van der Waals surface area contributed by atoms with Gasteiger partial charge >= 0.3 is 0 Å². The zero-order valence-electron chi connectivity index (χ0n) is 16.0. The van der Waals surface area contributed by atoms with Gasteiger partial charge in [-0.1, -0.05) is 12.1 Å². The van der Waals surface area contributed by atoms with Gasteiger partial charge < -0.3 is 14.6 Å². The van der Waals surface area contributed by atoms with Gasteiger partial charge in [0.1, 0.15) is 11.5 Å². The molecule has 3 heterocycles. The first-order valence-electron chi connectivity index (χ1n) is 9.49. The molecule has 0 radical (unpaired) electrons. The summed E-state index contributed by atoms with van der Waals surface area (Å²) in [7, 11) is 0. The minimum Gasteiger partial charge on any atom is -0.466 e. The van der Waals surface area contributed by atoms with E-state index in [4.69, 9.17) is 9.40 Å². The molecule has 0 saturated carbocycles. The molecule has 1 aliphatic rings. The van der Waals surface area contributed by atoms with Crippen LogP contribution in [-0.4, -0.2) is 41.3 Å². The van der Waals surface area contributed by atoms with Gasteiger partial charge in [0, 0.05) is 19.0 Å². The lowest BCUT2D eigenvalue weighted by Gasteiger charge is -2.31. The quantitative estimate of drug-likeness (QED) is 0.729. The van der Waals surface area contributed by atoms with Crippen LogP contribution in [0, 0.1) is 13.8 Å². The lowest BCUT2D eigenvalue weighted by Crippen LogP contribution is -2.43. The highest BCUT2D eigenvalue weighted by atomic mass is 32.1. The predicted molar refractivity (Wildman–Crippen MR) is 109 cm³/mol. The first-order valence-corrected chi connectivity index (χ1v) is 10.3. The number of hydrogen-bond acceptors (Lipinski definition) is 5. The van der Waals surface area contributed by atoms with E-state index in [1.54, 1.807) is 31.3 Å². The lowest BCUT2D eigenvalue weighted by molar-refractivity contribution is -0.131. The number of hydrogen-bond donors (Lipinski definition) is 1. The summed E-state index contributed by atoms with van der Waals surface area (Å²) in [6, 6.07) is 9.87. The SMILES string of the molecule is Cc1cc(C(=O)NCC(=O)N2CCC(c3nc4ccccc4s3)CC2)c(C)o1. The molecule has 1 N–H and O–H groups in total. The summed E-state index contributed by atoms with van der Waals surface area (Å²) >= 11 is 1.75. The van der Waals surface area contributed by atoms with Crippen LogP contribution in [0.1, 0.15) is 45.6 Å². The van der Waals surface area contributed by atoms with Crippen molar-refractivity contribution in [1.82, 2.24) is 15.2 Å². The van der Waals surface area contributed by atoms with Crippen molar-refractivity contribution in [3.05, 3.63) is 52.4 Å². The number of nitrogens with zero attached hydrogens (tertiary/aromatic N) is 2. The van der Waals surface area contributed by atoms with Crippen LogP contribution in [0.3, 0.4) is 0 Å². The molecule has 1 fully saturated rings. The van der Waals surface area contributed by atoms with Crippen molar-refractivity contribution < 1.29 is 14.0 Å². The largest absolute Gasteiger partial charge is 0.466 e. The van der Waals surface area contributed by atoms with Crippen molar-refractivity contribution in [2.24, 2.45) is 0 Å². The molecule has 0 bridgehead atoms. The number of aromatic nitrogens is 1. The number of para-hydroxylation sites is 1. The molecule has 0 aliphatic carbocycles. The number of rotatable bonds is 4. The Labute approximate surface area is 167 Å².